The van der Waals surface area contributed by atoms with Gasteiger partial charge in [0.15, 0.2) is 0 Å². The van der Waals surface area contributed by atoms with E-state index >= 15 is 0 Å². The number of piperidine rings is 2. The van der Waals surface area contributed by atoms with Crippen molar-refractivity contribution in [2.45, 2.75) is 44.3 Å². The molecule has 0 aliphatic carbocycles. The van der Waals surface area contributed by atoms with Crippen molar-refractivity contribution >= 4 is 16.8 Å². The normalized spacial score (nSPS) is 17.5. The largest absolute Gasteiger partial charge is 0.416 e. The standard InChI is InChI=1S/C37H43F3N4O2/c38-37(39,40)32-11-9-29(10-12-32)28-5-7-31(8-6-28)36(46)41-25-27-13-17-42(18-14-27)21-22-43-19-15-30(16-20-43)34-26-44(23-24-45)35-4-2-1-3-33(34)35/h1-12,26-27,30,45H,13-25H2,(H,41,46). The van der Waals surface area contributed by atoms with E-state index in [9.17, 15) is 23.1 Å². The van der Waals surface area contributed by atoms with Gasteiger partial charge in [-0.05, 0) is 111 Å². The van der Waals surface area contributed by atoms with Crippen molar-refractivity contribution in [3.63, 3.8) is 0 Å². The molecule has 4 aromatic rings. The molecule has 0 spiro atoms. The van der Waals surface area contributed by atoms with Crippen molar-refractivity contribution in [2.75, 3.05) is 52.4 Å². The van der Waals surface area contributed by atoms with Crippen LogP contribution >= 0.6 is 0 Å². The lowest BCUT2D eigenvalue weighted by Gasteiger charge is -2.36. The fourth-order valence-corrected chi connectivity index (χ4v) is 7.06. The highest BCUT2D eigenvalue weighted by Crippen LogP contribution is 2.35. The molecular formula is C37H43F3N4O2. The molecule has 3 aromatic carbocycles. The minimum absolute atomic E-state index is 0.122. The zero-order valence-corrected chi connectivity index (χ0v) is 26.2. The number of carbonyl (C=O) groups is 1. The van der Waals surface area contributed by atoms with Crippen LogP contribution in [0, 0.1) is 5.92 Å². The Hall–Kier alpha value is -3.66. The molecule has 1 aromatic heterocycles. The van der Waals surface area contributed by atoms with Gasteiger partial charge < -0.3 is 24.8 Å². The van der Waals surface area contributed by atoms with Crippen molar-refractivity contribution in [2.24, 2.45) is 5.92 Å². The minimum Gasteiger partial charge on any atom is -0.395 e. The van der Waals surface area contributed by atoms with Crippen LogP contribution in [-0.2, 0) is 12.7 Å². The van der Waals surface area contributed by atoms with Gasteiger partial charge in [0.25, 0.3) is 5.91 Å². The highest BCUT2D eigenvalue weighted by atomic mass is 19.4. The van der Waals surface area contributed by atoms with E-state index in [4.69, 9.17) is 0 Å². The molecule has 0 saturated carbocycles. The summed E-state index contributed by atoms with van der Waals surface area (Å²) in [6.07, 6.45) is 2.35. The van der Waals surface area contributed by atoms with E-state index in [0.29, 0.717) is 36.1 Å². The van der Waals surface area contributed by atoms with Crippen LogP contribution in [0.3, 0.4) is 0 Å². The quantitative estimate of drug-likeness (QED) is 0.206. The first kappa shape index (κ1) is 32.3. The number of nitrogens with zero attached hydrogens (tertiary/aromatic N) is 3. The van der Waals surface area contributed by atoms with Gasteiger partial charge in [-0.15, -0.1) is 0 Å². The number of benzene rings is 3. The Labute approximate surface area is 268 Å². The number of hydrogen-bond donors (Lipinski definition) is 2. The van der Waals surface area contributed by atoms with Gasteiger partial charge in [-0.1, -0.05) is 42.5 Å². The lowest BCUT2D eigenvalue weighted by molar-refractivity contribution is -0.137. The highest BCUT2D eigenvalue weighted by Gasteiger charge is 2.30. The number of halogens is 3. The van der Waals surface area contributed by atoms with Crippen molar-refractivity contribution < 1.29 is 23.1 Å². The van der Waals surface area contributed by atoms with Gasteiger partial charge in [0.05, 0.1) is 12.2 Å². The first-order valence-electron chi connectivity index (χ1n) is 16.5. The SMILES string of the molecule is O=C(NCC1CCN(CCN2CCC(c3cn(CCO)c4ccccc34)CC2)CC1)c1ccc(-c2ccc(C(F)(F)F)cc2)cc1. The number of nitrogens with one attached hydrogen (secondary N) is 1. The fraction of sp³-hybridized carbons (Fsp3) is 0.432. The van der Waals surface area contributed by atoms with Gasteiger partial charge in [-0.3, -0.25) is 4.79 Å². The molecule has 2 fully saturated rings. The molecule has 9 heteroatoms. The number of para-hydroxylation sites is 1. The van der Waals surface area contributed by atoms with Crippen molar-refractivity contribution in [1.82, 2.24) is 19.7 Å². The lowest BCUT2D eigenvalue weighted by atomic mass is 9.89. The summed E-state index contributed by atoms with van der Waals surface area (Å²) in [4.78, 5) is 17.9. The second kappa shape index (κ2) is 14.4. The van der Waals surface area contributed by atoms with E-state index < -0.39 is 11.7 Å². The van der Waals surface area contributed by atoms with Crippen LogP contribution in [0.25, 0.3) is 22.0 Å². The van der Waals surface area contributed by atoms with Crippen LogP contribution in [0.4, 0.5) is 13.2 Å². The Morgan fingerprint density at radius 2 is 1.37 bits per heavy atom. The molecule has 6 rings (SSSR count). The monoisotopic (exact) mass is 632 g/mol. The molecule has 0 unspecified atom stereocenters. The van der Waals surface area contributed by atoms with E-state index in [1.807, 2.05) is 0 Å². The summed E-state index contributed by atoms with van der Waals surface area (Å²) in [7, 11) is 0. The predicted molar refractivity (Wildman–Crippen MR) is 176 cm³/mol. The average molecular weight is 633 g/mol. The van der Waals surface area contributed by atoms with E-state index in [2.05, 4.69) is 50.1 Å². The molecule has 2 aliphatic rings. The number of aliphatic hydroxyl groups excluding tert-OH is 1. The molecule has 3 heterocycles. The maximum absolute atomic E-state index is 12.8. The molecule has 2 saturated heterocycles. The summed E-state index contributed by atoms with van der Waals surface area (Å²) >= 11 is 0. The van der Waals surface area contributed by atoms with Gasteiger partial charge >= 0.3 is 6.18 Å². The number of alkyl halides is 3. The van der Waals surface area contributed by atoms with Gasteiger partial charge in [0, 0.05) is 48.8 Å². The number of aliphatic hydroxyl groups is 1. The summed E-state index contributed by atoms with van der Waals surface area (Å²) in [5, 5.41) is 13.9. The van der Waals surface area contributed by atoms with Crippen molar-refractivity contribution in [1.29, 1.82) is 0 Å². The van der Waals surface area contributed by atoms with Gasteiger partial charge in [0.2, 0.25) is 0 Å². The second-order valence-electron chi connectivity index (χ2n) is 12.8. The molecular weight excluding hydrogens is 589 g/mol. The average Bonchev–Trinajstić information content (AvgIpc) is 3.45. The number of aromatic nitrogens is 1. The Bertz CT molecular complexity index is 1580. The first-order valence-corrected chi connectivity index (χ1v) is 16.5. The molecule has 2 aliphatic heterocycles. The van der Waals surface area contributed by atoms with Crippen molar-refractivity contribution in [3.05, 3.63) is 95.7 Å². The summed E-state index contributed by atoms with van der Waals surface area (Å²) in [6.45, 7) is 7.90. The van der Waals surface area contributed by atoms with Crippen LogP contribution < -0.4 is 5.32 Å². The van der Waals surface area contributed by atoms with Gasteiger partial charge in [-0.25, -0.2) is 0 Å². The van der Waals surface area contributed by atoms with E-state index in [0.717, 1.165) is 82.6 Å². The van der Waals surface area contributed by atoms with E-state index in [1.165, 1.54) is 28.6 Å². The topological polar surface area (TPSA) is 60.7 Å². The zero-order chi connectivity index (χ0) is 32.1. The van der Waals surface area contributed by atoms with Crippen LogP contribution in [0.5, 0.6) is 0 Å². The molecule has 6 nitrogen and oxygen atoms in total. The van der Waals surface area contributed by atoms with Crippen LogP contribution in [0.15, 0.2) is 79.0 Å². The molecule has 0 bridgehead atoms. The maximum atomic E-state index is 12.8. The number of amides is 1. The molecule has 2 N–H and O–H groups in total. The summed E-state index contributed by atoms with van der Waals surface area (Å²) < 4.78 is 40.7. The third-order valence-electron chi connectivity index (χ3n) is 9.87. The number of rotatable bonds is 10. The Balaban J connectivity index is 0.897. The molecule has 0 radical (unpaired) electrons. The van der Waals surface area contributed by atoms with Gasteiger partial charge in [-0.2, -0.15) is 13.2 Å². The third kappa shape index (κ3) is 7.65. The van der Waals surface area contributed by atoms with Crippen LogP contribution in [0.1, 0.15) is 53.1 Å². The fourth-order valence-electron chi connectivity index (χ4n) is 7.06. The highest BCUT2D eigenvalue weighted by molar-refractivity contribution is 5.94. The Morgan fingerprint density at radius 1 is 0.783 bits per heavy atom. The first-order chi connectivity index (χ1) is 22.3. The smallest absolute Gasteiger partial charge is 0.395 e. The molecule has 244 valence electrons. The minimum atomic E-state index is -4.36. The van der Waals surface area contributed by atoms with E-state index in [-0.39, 0.29) is 12.5 Å². The summed E-state index contributed by atoms with van der Waals surface area (Å²) in [5.41, 5.74) is 3.96. The Morgan fingerprint density at radius 3 is 1.98 bits per heavy atom. The van der Waals surface area contributed by atoms with E-state index in [1.54, 1.807) is 24.3 Å². The van der Waals surface area contributed by atoms with Crippen LogP contribution in [0.2, 0.25) is 0 Å². The molecule has 46 heavy (non-hydrogen) atoms. The number of likely N-dealkylation sites (tertiary alicyclic amines) is 2. The molecule has 0 atom stereocenters. The Kier molecular flexibility index (Phi) is 10.1. The number of fused-ring (bicyclic) bond motifs is 1. The van der Waals surface area contributed by atoms with Crippen molar-refractivity contribution in [3.8, 4) is 11.1 Å². The molecule has 1 amide bonds. The third-order valence-corrected chi connectivity index (χ3v) is 9.87. The summed E-state index contributed by atoms with van der Waals surface area (Å²) in [6, 6.07) is 20.6. The number of carbonyl (C=O) groups excluding carboxylic acids is 1. The van der Waals surface area contributed by atoms with Crippen LogP contribution in [-0.4, -0.2) is 77.8 Å². The zero-order valence-electron chi connectivity index (χ0n) is 26.2. The summed E-state index contributed by atoms with van der Waals surface area (Å²) in [5.74, 6) is 0.891. The van der Waals surface area contributed by atoms with Gasteiger partial charge in [0.1, 0.15) is 0 Å². The maximum Gasteiger partial charge on any atom is 0.416 e. The number of hydrogen-bond acceptors (Lipinski definition) is 4. The predicted octanol–water partition coefficient (Wildman–Crippen LogP) is 6.64. The lowest BCUT2D eigenvalue weighted by Crippen LogP contribution is -2.43. The second-order valence-corrected chi connectivity index (χ2v) is 12.8.